The van der Waals surface area contributed by atoms with Crippen LogP contribution in [0.25, 0.3) is 0 Å². The smallest absolute Gasteiger partial charge is 0.263 e. The second-order valence-electron chi connectivity index (χ2n) is 6.10. The van der Waals surface area contributed by atoms with Crippen molar-refractivity contribution in [3.05, 3.63) is 59.6 Å². The molecule has 8 nitrogen and oxygen atoms in total. The number of fused-ring (bicyclic) bond motifs is 1. The molecule has 1 N–H and O–H groups in total. The molecule has 0 aliphatic carbocycles. The van der Waals surface area contributed by atoms with Crippen molar-refractivity contribution in [3.63, 3.8) is 0 Å². The Hall–Kier alpha value is -3.26. The average Bonchev–Trinajstić information content (AvgIpc) is 3.16. The lowest BCUT2D eigenvalue weighted by Crippen LogP contribution is -2.43. The first kappa shape index (κ1) is 17.2. The van der Waals surface area contributed by atoms with E-state index in [2.05, 4.69) is 15.7 Å². The van der Waals surface area contributed by atoms with Crippen molar-refractivity contribution in [2.45, 2.75) is 12.1 Å². The van der Waals surface area contributed by atoms with Gasteiger partial charge in [-0.1, -0.05) is 41.1 Å². The number of hydrogen-bond acceptors (Lipinski definition) is 6. The van der Waals surface area contributed by atoms with Crippen molar-refractivity contribution in [2.75, 3.05) is 16.8 Å². The van der Waals surface area contributed by atoms with Crippen LogP contribution < -0.4 is 10.2 Å². The number of nitrogens with zero attached hydrogens (tertiary/aromatic N) is 4. The minimum atomic E-state index is -0.934. The van der Waals surface area contributed by atoms with Crippen molar-refractivity contribution >= 4 is 40.7 Å². The van der Waals surface area contributed by atoms with Gasteiger partial charge in [0.15, 0.2) is 12.1 Å². The highest BCUT2D eigenvalue weighted by molar-refractivity contribution is 6.31. The quantitative estimate of drug-likeness (QED) is 0.819. The van der Waals surface area contributed by atoms with Gasteiger partial charge in [0.1, 0.15) is 6.54 Å². The van der Waals surface area contributed by atoms with Gasteiger partial charge < -0.3 is 5.32 Å². The Kier molecular flexibility index (Phi) is 4.33. The molecule has 27 heavy (non-hydrogen) atoms. The van der Waals surface area contributed by atoms with Crippen molar-refractivity contribution < 1.29 is 14.4 Å². The molecule has 2 aliphatic heterocycles. The van der Waals surface area contributed by atoms with E-state index in [1.165, 1.54) is 5.01 Å². The molecule has 0 spiro atoms. The maximum absolute atomic E-state index is 12.8. The molecule has 0 radical (unpaired) electrons. The molecule has 0 aromatic heterocycles. The van der Waals surface area contributed by atoms with E-state index in [1.54, 1.807) is 54.6 Å². The van der Waals surface area contributed by atoms with Gasteiger partial charge in [-0.15, -0.1) is 0 Å². The Morgan fingerprint density at radius 3 is 2.59 bits per heavy atom. The number of halogens is 1. The third kappa shape index (κ3) is 3.15. The lowest BCUT2D eigenvalue weighted by Gasteiger charge is -2.20. The third-order valence-electron chi connectivity index (χ3n) is 4.29. The van der Waals surface area contributed by atoms with E-state index in [-0.39, 0.29) is 6.54 Å². The summed E-state index contributed by atoms with van der Waals surface area (Å²) in [6.07, 6.45) is 0. The maximum atomic E-state index is 12.8. The Morgan fingerprint density at radius 1 is 1.07 bits per heavy atom. The van der Waals surface area contributed by atoms with Crippen LogP contribution in [0, 0.1) is 0 Å². The van der Waals surface area contributed by atoms with Crippen LogP contribution in [0.4, 0.5) is 11.4 Å². The molecule has 0 unspecified atom stereocenters. The Balaban J connectivity index is 1.48. The lowest BCUT2D eigenvalue weighted by atomic mass is 10.1. The third-order valence-corrected chi connectivity index (χ3v) is 4.52. The second-order valence-corrected chi connectivity index (χ2v) is 6.53. The van der Waals surface area contributed by atoms with Gasteiger partial charge in [-0.05, 0) is 30.3 Å². The maximum Gasteiger partial charge on any atom is 0.263 e. The fourth-order valence-corrected chi connectivity index (χ4v) is 3.29. The first-order valence-corrected chi connectivity index (χ1v) is 8.58. The van der Waals surface area contributed by atoms with E-state index in [4.69, 9.17) is 11.6 Å². The van der Waals surface area contributed by atoms with Crippen LogP contribution in [0.1, 0.15) is 0 Å². The standard InChI is InChI=1S/C18H14ClN5O3/c19-11-5-4-6-12(9-11)20-14(25)10-23-16-15(21-22-23)17(26)24(18(16)27)13-7-2-1-3-8-13/h1-9,15-16H,10H2,(H,20,25)/t15-,16-/m0/s1. The molecule has 0 saturated carbocycles. The Labute approximate surface area is 159 Å². The Morgan fingerprint density at radius 2 is 1.85 bits per heavy atom. The van der Waals surface area contributed by atoms with Gasteiger partial charge >= 0.3 is 0 Å². The van der Waals surface area contributed by atoms with Gasteiger partial charge in [-0.25, -0.2) is 4.90 Å². The summed E-state index contributed by atoms with van der Waals surface area (Å²) in [5.41, 5.74) is 1.00. The molecule has 2 aliphatic rings. The van der Waals surface area contributed by atoms with Gasteiger partial charge in [0.25, 0.3) is 11.8 Å². The molecule has 4 rings (SSSR count). The zero-order chi connectivity index (χ0) is 19.0. The second kappa shape index (κ2) is 6.81. The highest BCUT2D eigenvalue weighted by Crippen LogP contribution is 2.31. The summed E-state index contributed by atoms with van der Waals surface area (Å²) in [5, 5.41) is 12.2. The molecule has 1 fully saturated rings. The van der Waals surface area contributed by atoms with Crippen LogP contribution in [0.5, 0.6) is 0 Å². The number of imide groups is 1. The van der Waals surface area contributed by atoms with Crippen LogP contribution in [0.15, 0.2) is 64.9 Å². The molecule has 1 saturated heterocycles. The van der Waals surface area contributed by atoms with Gasteiger partial charge in [0, 0.05) is 10.7 Å². The highest BCUT2D eigenvalue weighted by Gasteiger charge is 2.55. The van der Waals surface area contributed by atoms with Gasteiger partial charge in [-0.3, -0.25) is 19.4 Å². The summed E-state index contributed by atoms with van der Waals surface area (Å²) in [6, 6.07) is 13.5. The number of para-hydroxylation sites is 1. The minimum absolute atomic E-state index is 0.209. The van der Waals surface area contributed by atoms with Gasteiger partial charge in [0.2, 0.25) is 5.91 Å². The van der Waals surface area contributed by atoms with E-state index in [9.17, 15) is 14.4 Å². The van der Waals surface area contributed by atoms with Crippen molar-refractivity contribution in [1.82, 2.24) is 5.01 Å². The monoisotopic (exact) mass is 383 g/mol. The number of carbonyl (C=O) groups excluding carboxylic acids is 3. The van der Waals surface area contributed by atoms with Crippen molar-refractivity contribution in [2.24, 2.45) is 10.3 Å². The average molecular weight is 384 g/mol. The normalized spacial score (nSPS) is 20.9. The van der Waals surface area contributed by atoms with Crippen molar-refractivity contribution in [3.8, 4) is 0 Å². The van der Waals surface area contributed by atoms with E-state index in [1.807, 2.05) is 0 Å². The van der Waals surface area contributed by atoms with Crippen LogP contribution >= 0.6 is 11.6 Å². The topological polar surface area (TPSA) is 94.4 Å². The summed E-state index contributed by atoms with van der Waals surface area (Å²) in [6.45, 7) is -0.209. The molecular weight excluding hydrogens is 370 g/mol. The number of hydrogen-bond donors (Lipinski definition) is 1. The van der Waals surface area contributed by atoms with E-state index >= 15 is 0 Å². The molecule has 2 aromatic carbocycles. The molecule has 136 valence electrons. The fraction of sp³-hybridized carbons (Fsp3) is 0.167. The number of amides is 3. The van der Waals surface area contributed by atoms with Crippen LogP contribution in [-0.2, 0) is 14.4 Å². The van der Waals surface area contributed by atoms with E-state index in [0.717, 1.165) is 4.90 Å². The summed E-state index contributed by atoms with van der Waals surface area (Å²) < 4.78 is 0. The number of carbonyl (C=O) groups is 3. The number of nitrogens with one attached hydrogen (secondary N) is 1. The molecule has 9 heteroatoms. The molecule has 2 heterocycles. The first-order chi connectivity index (χ1) is 13.0. The largest absolute Gasteiger partial charge is 0.324 e. The van der Waals surface area contributed by atoms with Crippen LogP contribution in [0.2, 0.25) is 5.02 Å². The summed E-state index contributed by atoms with van der Waals surface area (Å²) in [5.74, 6) is -1.29. The molecule has 0 bridgehead atoms. The lowest BCUT2D eigenvalue weighted by molar-refractivity contribution is -0.123. The first-order valence-electron chi connectivity index (χ1n) is 8.20. The number of rotatable bonds is 4. The number of benzene rings is 2. The highest BCUT2D eigenvalue weighted by atomic mass is 35.5. The molecule has 2 aromatic rings. The number of anilines is 2. The zero-order valence-electron chi connectivity index (χ0n) is 13.9. The zero-order valence-corrected chi connectivity index (χ0v) is 14.7. The van der Waals surface area contributed by atoms with Crippen molar-refractivity contribution in [1.29, 1.82) is 0 Å². The SMILES string of the molecule is O=C(CN1N=N[C@@H]2C(=O)N(c3ccccc3)C(=O)[C@H]21)Nc1cccc(Cl)c1. The van der Waals surface area contributed by atoms with E-state index in [0.29, 0.717) is 16.4 Å². The van der Waals surface area contributed by atoms with E-state index < -0.39 is 29.8 Å². The molecule has 2 atom stereocenters. The predicted octanol–water partition coefficient (Wildman–Crippen LogP) is 2.27. The van der Waals surface area contributed by atoms with Crippen LogP contribution in [-0.4, -0.2) is 41.4 Å². The van der Waals surface area contributed by atoms with Gasteiger partial charge in [-0.2, -0.15) is 5.11 Å². The molecular formula is C18H14ClN5O3. The Bertz CT molecular complexity index is 949. The minimum Gasteiger partial charge on any atom is -0.324 e. The molecule has 3 amide bonds. The summed E-state index contributed by atoms with van der Waals surface area (Å²) in [4.78, 5) is 38.7. The predicted molar refractivity (Wildman–Crippen MR) is 98.2 cm³/mol. The van der Waals surface area contributed by atoms with Crippen LogP contribution in [0.3, 0.4) is 0 Å². The summed E-state index contributed by atoms with van der Waals surface area (Å²) >= 11 is 5.90. The fourth-order valence-electron chi connectivity index (χ4n) is 3.10. The van der Waals surface area contributed by atoms with Gasteiger partial charge in [0.05, 0.1) is 5.69 Å². The summed E-state index contributed by atoms with van der Waals surface area (Å²) in [7, 11) is 0.